The molecular weight excluding hydrogens is 246 g/mol. The van der Waals surface area contributed by atoms with Crippen molar-refractivity contribution >= 4 is 5.91 Å². The lowest BCUT2D eigenvalue weighted by Crippen LogP contribution is -2.54. The number of hydrogen-bond acceptors (Lipinski definition) is 5. The summed E-state index contributed by atoms with van der Waals surface area (Å²) in [4.78, 5) is 20.1. The van der Waals surface area contributed by atoms with Gasteiger partial charge in [0.15, 0.2) is 5.75 Å². The van der Waals surface area contributed by atoms with Gasteiger partial charge in [-0.15, -0.1) is 0 Å². The molecule has 0 saturated heterocycles. The van der Waals surface area contributed by atoms with Crippen LogP contribution in [0, 0.1) is 0 Å². The van der Waals surface area contributed by atoms with Crippen molar-refractivity contribution in [2.75, 3.05) is 20.8 Å². The zero-order chi connectivity index (χ0) is 13.7. The Balaban J connectivity index is 1.98. The molecule has 1 saturated carbocycles. The number of aromatic nitrogens is 2. The van der Waals surface area contributed by atoms with Crippen LogP contribution in [-0.2, 0) is 4.74 Å². The smallest absolute Gasteiger partial charge is 0.289 e. The fourth-order valence-corrected chi connectivity index (χ4v) is 2.17. The summed E-state index contributed by atoms with van der Waals surface area (Å²) >= 11 is 0. The van der Waals surface area contributed by atoms with E-state index in [1.54, 1.807) is 7.11 Å². The first-order valence-electron chi connectivity index (χ1n) is 6.37. The van der Waals surface area contributed by atoms with Crippen molar-refractivity contribution in [1.29, 1.82) is 0 Å². The van der Waals surface area contributed by atoms with Gasteiger partial charge in [-0.1, -0.05) is 0 Å². The topological polar surface area (TPSA) is 73.3 Å². The van der Waals surface area contributed by atoms with Crippen LogP contribution < -0.4 is 10.1 Å². The minimum atomic E-state index is -0.238. The van der Waals surface area contributed by atoms with Crippen LogP contribution >= 0.6 is 0 Å². The van der Waals surface area contributed by atoms with Crippen LogP contribution in [0.1, 0.15) is 36.3 Å². The average molecular weight is 265 g/mol. The van der Waals surface area contributed by atoms with E-state index in [1.165, 1.54) is 19.5 Å². The molecular formula is C13H19N3O3. The maximum Gasteiger partial charge on any atom is 0.289 e. The van der Waals surface area contributed by atoms with E-state index in [9.17, 15) is 4.79 Å². The summed E-state index contributed by atoms with van der Waals surface area (Å²) in [6.45, 7) is 0.643. The summed E-state index contributed by atoms with van der Waals surface area (Å²) < 4.78 is 10.1. The van der Waals surface area contributed by atoms with Gasteiger partial charge in [-0.25, -0.2) is 9.97 Å². The molecule has 0 radical (unpaired) electrons. The molecule has 1 heterocycles. The van der Waals surface area contributed by atoms with Crippen LogP contribution in [0.15, 0.2) is 12.4 Å². The van der Waals surface area contributed by atoms with Gasteiger partial charge in [0.2, 0.25) is 5.82 Å². The summed E-state index contributed by atoms with van der Waals surface area (Å²) in [6, 6.07) is 0. The van der Waals surface area contributed by atoms with Crippen LogP contribution in [-0.4, -0.2) is 42.2 Å². The Hall–Kier alpha value is -1.69. The number of nitrogens with one attached hydrogen (secondary N) is 1. The summed E-state index contributed by atoms with van der Waals surface area (Å²) in [5, 5.41) is 3.03. The van der Waals surface area contributed by atoms with Crippen molar-refractivity contribution in [3.63, 3.8) is 0 Å². The fraction of sp³-hybridized carbons (Fsp3) is 0.615. The first-order valence-corrected chi connectivity index (χ1v) is 6.37. The molecule has 1 aliphatic rings. The van der Waals surface area contributed by atoms with Gasteiger partial charge in [-0.3, -0.25) is 4.79 Å². The summed E-state index contributed by atoms with van der Waals surface area (Å²) in [7, 11) is 3.20. The molecule has 1 amide bonds. The van der Waals surface area contributed by atoms with E-state index >= 15 is 0 Å². The predicted octanol–water partition coefficient (Wildman–Crippen LogP) is 1.17. The Morgan fingerprint density at radius 1 is 1.37 bits per heavy atom. The Morgan fingerprint density at radius 2 is 2.05 bits per heavy atom. The van der Waals surface area contributed by atoms with Gasteiger partial charge in [0.25, 0.3) is 5.91 Å². The SMILES string of the molecule is COCCC1(NC(=O)c2ncc(OC)cn2)CCC1. The number of nitrogens with zero attached hydrogens (tertiary/aromatic N) is 2. The lowest BCUT2D eigenvalue weighted by atomic mass is 9.74. The maximum absolute atomic E-state index is 12.1. The Labute approximate surface area is 112 Å². The third-order valence-corrected chi connectivity index (χ3v) is 3.54. The molecule has 1 aromatic heterocycles. The standard InChI is InChI=1S/C13H19N3O3/c1-18-7-6-13(4-3-5-13)16-12(17)11-14-8-10(19-2)9-15-11/h8-9H,3-7H2,1-2H3,(H,16,17). The van der Waals surface area contributed by atoms with Gasteiger partial charge < -0.3 is 14.8 Å². The Kier molecular flexibility index (Phi) is 4.31. The molecule has 104 valence electrons. The highest BCUT2D eigenvalue weighted by molar-refractivity contribution is 5.91. The number of ether oxygens (including phenoxy) is 2. The second-order valence-corrected chi connectivity index (χ2v) is 4.78. The van der Waals surface area contributed by atoms with Gasteiger partial charge in [0, 0.05) is 19.3 Å². The number of carbonyl (C=O) groups excluding carboxylic acids is 1. The van der Waals surface area contributed by atoms with Crippen molar-refractivity contribution in [3.8, 4) is 5.75 Å². The first kappa shape index (κ1) is 13.7. The fourth-order valence-electron chi connectivity index (χ4n) is 2.17. The lowest BCUT2D eigenvalue weighted by Gasteiger charge is -2.42. The van der Waals surface area contributed by atoms with Crippen LogP contribution in [0.4, 0.5) is 0 Å². The highest BCUT2D eigenvalue weighted by atomic mass is 16.5. The molecule has 0 spiro atoms. The summed E-state index contributed by atoms with van der Waals surface area (Å²) in [5.41, 5.74) is -0.142. The monoisotopic (exact) mass is 265 g/mol. The zero-order valence-electron chi connectivity index (χ0n) is 11.3. The lowest BCUT2D eigenvalue weighted by molar-refractivity contribution is 0.0719. The first-order chi connectivity index (χ1) is 9.19. The van der Waals surface area contributed by atoms with E-state index in [4.69, 9.17) is 9.47 Å². The molecule has 2 rings (SSSR count). The van der Waals surface area contributed by atoms with Crippen molar-refractivity contribution in [2.24, 2.45) is 0 Å². The number of hydrogen-bond donors (Lipinski definition) is 1. The second kappa shape index (κ2) is 5.97. The van der Waals surface area contributed by atoms with E-state index < -0.39 is 0 Å². The molecule has 1 aromatic rings. The largest absolute Gasteiger partial charge is 0.494 e. The molecule has 0 bridgehead atoms. The molecule has 0 unspecified atom stereocenters. The van der Waals surface area contributed by atoms with E-state index in [1.807, 2.05) is 0 Å². The second-order valence-electron chi connectivity index (χ2n) is 4.78. The van der Waals surface area contributed by atoms with E-state index in [2.05, 4.69) is 15.3 Å². The number of carbonyl (C=O) groups is 1. The van der Waals surface area contributed by atoms with Crippen molar-refractivity contribution < 1.29 is 14.3 Å². The van der Waals surface area contributed by atoms with Gasteiger partial charge in [0.05, 0.1) is 19.5 Å². The van der Waals surface area contributed by atoms with Gasteiger partial charge in [-0.2, -0.15) is 0 Å². The molecule has 1 fully saturated rings. The van der Waals surface area contributed by atoms with E-state index in [0.29, 0.717) is 12.4 Å². The van der Waals surface area contributed by atoms with E-state index in [0.717, 1.165) is 25.7 Å². The highest BCUT2D eigenvalue weighted by Crippen LogP contribution is 2.35. The van der Waals surface area contributed by atoms with Crippen LogP contribution in [0.3, 0.4) is 0 Å². The molecule has 6 nitrogen and oxygen atoms in total. The minimum absolute atomic E-state index is 0.142. The van der Waals surface area contributed by atoms with Crippen molar-refractivity contribution in [3.05, 3.63) is 18.2 Å². The van der Waals surface area contributed by atoms with Gasteiger partial charge in [0.1, 0.15) is 0 Å². The quantitative estimate of drug-likeness (QED) is 0.836. The highest BCUT2D eigenvalue weighted by Gasteiger charge is 2.38. The van der Waals surface area contributed by atoms with Gasteiger partial charge in [-0.05, 0) is 25.7 Å². The normalized spacial score (nSPS) is 16.5. The molecule has 6 heteroatoms. The number of methoxy groups -OCH3 is 2. The third kappa shape index (κ3) is 3.20. The average Bonchev–Trinajstić information content (AvgIpc) is 2.41. The Bertz CT molecular complexity index is 429. The predicted molar refractivity (Wildman–Crippen MR) is 69.1 cm³/mol. The van der Waals surface area contributed by atoms with E-state index in [-0.39, 0.29) is 17.3 Å². The van der Waals surface area contributed by atoms with Crippen LogP contribution in [0.2, 0.25) is 0 Å². The molecule has 0 atom stereocenters. The number of rotatable bonds is 6. The van der Waals surface area contributed by atoms with Crippen molar-refractivity contribution in [1.82, 2.24) is 15.3 Å². The summed E-state index contributed by atoms with van der Waals surface area (Å²) in [5.74, 6) is 0.470. The molecule has 19 heavy (non-hydrogen) atoms. The molecule has 1 aliphatic carbocycles. The van der Waals surface area contributed by atoms with Crippen molar-refractivity contribution in [2.45, 2.75) is 31.2 Å². The molecule has 0 aromatic carbocycles. The van der Waals surface area contributed by atoms with Crippen LogP contribution in [0.25, 0.3) is 0 Å². The number of amides is 1. The molecule has 1 N–H and O–H groups in total. The Morgan fingerprint density at radius 3 is 2.53 bits per heavy atom. The zero-order valence-corrected chi connectivity index (χ0v) is 11.3. The molecule has 0 aliphatic heterocycles. The maximum atomic E-state index is 12.1. The van der Waals surface area contributed by atoms with Gasteiger partial charge >= 0.3 is 0 Å². The third-order valence-electron chi connectivity index (χ3n) is 3.54. The summed E-state index contributed by atoms with van der Waals surface area (Å²) in [6.07, 6.45) is 6.91. The minimum Gasteiger partial charge on any atom is -0.494 e. The van der Waals surface area contributed by atoms with Crippen LogP contribution in [0.5, 0.6) is 5.75 Å².